The van der Waals surface area contributed by atoms with Crippen LogP contribution in [0.1, 0.15) is 43.0 Å². The number of nitrogens with zero attached hydrogens (tertiary/aromatic N) is 1. The summed E-state index contributed by atoms with van der Waals surface area (Å²) in [6, 6.07) is 3.90. The highest BCUT2D eigenvalue weighted by molar-refractivity contribution is 6.04. The number of rotatable bonds is 5. The Bertz CT molecular complexity index is 665. The molecule has 2 N–H and O–H groups in total. The van der Waals surface area contributed by atoms with Gasteiger partial charge in [0.1, 0.15) is 6.54 Å². The Morgan fingerprint density at radius 2 is 1.80 bits per heavy atom. The monoisotopic (exact) mass is 345 g/mol. The molecule has 6 heteroatoms. The second-order valence-electron chi connectivity index (χ2n) is 7.58. The number of carbonyl (C=O) groups excluding carboxylic acids is 3. The molecule has 136 valence electrons. The first-order chi connectivity index (χ1) is 11.6. The SMILES string of the molecule is Cc1cc(C(C)(C)C)cc(C)c1CCNC(=O)CN1C(=O)CNC1=O. The molecule has 1 aromatic rings. The van der Waals surface area contributed by atoms with Crippen molar-refractivity contribution in [2.45, 2.75) is 46.5 Å². The Hall–Kier alpha value is -2.37. The summed E-state index contributed by atoms with van der Waals surface area (Å²) < 4.78 is 0. The summed E-state index contributed by atoms with van der Waals surface area (Å²) in [6.45, 7) is 11.0. The van der Waals surface area contributed by atoms with Gasteiger partial charge in [-0.05, 0) is 47.9 Å². The third kappa shape index (κ3) is 4.59. The molecule has 1 fully saturated rings. The van der Waals surface area contributed by atoms with Crippen LogP contribution in [0.2, 0.25) is 0 Å². The third-order valence-electron chi connectivity index (χ3n) is 4.50. The van der Waals surface area contributed by atoms with Gasteiger partial charge in [0.25, 0.3) is 5.91 Å². The molecule has 25 heavy (non-hydrogen) atoms. The Morgan fingerprint density at radius 1 is 1.20 bits per heavy atom. The standard InChI is InChI=1S/C19H27N3O3/c1-12-8-14(19(3,4)5)9-13(2)15(12)6-7-20-16(23)11-22-17(24)10-21-18(22)25/h8-9H,6-7,10-11H2,1-5H3,(H,20,23)(H,21,25). The lowest BCUT2D eigenvalue weighted by Crippen LogP contribution is -2.41. The molecule has 0 spiro atoms. The first-order valence-corrected chi connectivity index (χ1v) is 8.55. The number of benzene rings is 1. The van der Waals surface area contributed by atoms with Gasteiger partial charge in [0.15, 0.2) is 0 Å². The smallest absolute Gasteiger partial charge is 0.325 e. The molecule has 1 aromatic carbocycles. The van der Waals surface area contributed by atoms with Crippen LogP contribution in [-0.2, 0) is 21.4 Å². The van der Waals surface area contributed by atoms with Gasteiger partial charge in [-0.25, -0.2) is 4.79 Å². The number of imide groups is 1. The molecule has 0 aliphatic carbocycles. The van der Waals surface area contributed by atoms with Crippen molar-refractivity contribution in [1.29, 1.82) is 0 Å². The molecule has 4 amide bonds. The van der Waals surface area contributed by atoms with Crippen molar-refractivity contribution < 1.29 is 14.4 Å². The summed E-state index contributed by atoms with van der Waals surface area (Å²) in [5.74, 6) is -0.698. The van der Waals surface area contributed by atoms with E-state index in [1.807, 2.05) is 0 Å². The largest absolute Gasteiger partial charge is 0.354 e. The fourth-order valence-electron chi connectivity index (χ4n) is 2.96. The molecule has 0 saturated carbocycles. The fourth-order valence-corrected chi connectivity index (χ4v) is 2.96. The minimum atomic E-state index is -0.510. The highest BCUT2D eigenvalue weighted by atomic mass is 16.2. The van der Waals surface area contributed by atoms with E-state index in [1.54, 1.807) is 0 Å². The zero-order chi connectivity index (χ0) is 18.8. The summed E-state index contributed by atoms with van der Waals surface area (Å²) in [5.41, 5.74) is 5.06. The number of hydrogen-bond donors (Lipinski definition) is 2. The number of carbonyl (C=O) groups is 3. The summed E-state index contributed by atoms with van der Waals surface area (Å²) >= 11 is 0. The first kappa shape index (κ1) is 19.0. The van der Waals surface area contributed by atoms with Crippen LogP contribution in [-0.4, -0.2) is 42.4 Å². The van der Waals surface area contributed by atoms with Gasteiger partial charge < -0.3 is 10.6 Å². The number of nitrogens with one attached hydrogen (secondary N) is 2. The second-order valence-corrected chi connectivity index (χ2v) is 7.58. The molecule has 1 aliphatic heterocycles. The first-order valence-electron chi connectivity index (χ1n) is 8.55. The Balaban J connectivity index is 1.92. The van der Waals surface area contributed by atoms with E-state index >= 15 is 0 Å². The van der Waals surface area contributed by atoms with Gasteiger partial charge in [-0.1, -0.05) is 32.9 Å². The summed E-state index contributed by atoms with van der Waals surface area (Å²) in [6.07, 6.45) is 0.716. The predicted molar refractivity (Wildman–Crippen MR) is 96.4 cm³/mol. The van der Waals surface area contributed by atoms with Crippen LogP contribution in [0.4, 0.5) is 4.79 Å². The summed E-state index contributed by atoms with van der Waals surface area (Å²) in [4.78, 5) is 35.8. The number of urea groups is 1. The lowest BCUT2D eigenvalue weighted by atomic mass is 9.83. The van der Waals surface area contributed by atoms with Gasteiger partial charge in [0, 0.05) is 6.54 Å². The Kier molecular flexibility index (Phi) is 5.50. The van der Waals surface area contributed by atoms with Crippen molar-refractivity contribution in [2.24, 2.45) is 0 Å². The topological polar surface area (TPSA) is 78.5 Å². The molecule has 0 atom stereocenters. The number of hydrogen-bond acceptors (Lipinski definition) is 3. The van der Waals surface area contributed by atoms with E-state index in [0.717, 1.165) is 4.90 Å². The molecule has 1 heterocycles. The predicted octanol–water partition coefficient (Wildman–Crippen LogP) is 1.81. The normalized spacial score (nSPS) is 14.7. The molecule has 2 rings (SSSR count). The van der Waals surface area contributed by atoms with E-state index in [4.69, 9.17) is 0 Å². The minimum Gasteiger partial charge on any atom is -0.354 e. The Morgan fingerprint density at radius 3 is 2.28 bits per heavy atom. The van der Waals surface area contributed by atoms with Crippen LogP contribution >= 0.6 is 0 Å². The minimum absolute atomic E-state index is 0.0371. The molecular weight excluding hydrogens is 318 g/mol. The van der Waals surface area contributed by atoms with Crippen molar-refractivity contribution in [3.63, 3.8) is 0 Å². The highest BCUT2D eigenvalue weighted by Gasteiger charge is 2.29. The van der Waals surface area contributed by atoms with E-state index < -0.39 is 6.03 Å². The summed E-state index contributed by atoms with van der Waals surface area (Å²) in [7, 11) is 0. The van der Waals surface area contributed by atoms with Crippen LogP contribution in [0.5, 0.6) is 0 Å². The average Bonchev–Trinajstić information content (AvgIpc) is 2.80. The maximum atomic E-state index is 12.0. The number of amides is 4. The van der Waals surface area contributed by atoms with Gasteiger partial charge in [-0.15, -0.1) is 0 Å². The molecular formula is C19H27N3O3. The van der Waals surface area contributed by atoms with Gasteiger partial charge in [-0.3, -0.25) is 14.5 Å². The van der Waals surface area contributed by atoms with Crippen LogP contribution in [0, 0.1) is 13.8 Å². The Labute approximate surface area is 149 Å². The molecule has 1 aliphatic rings. The van der Waals surface area contributed by atoms with Crippen molar-refractivity contribution in [3.05, 3.63) is 34.4 Å². The van der Waals surface area contributed by atoms with E-state index in [1.165, 1.54) is 22.3 Å². The average molecular weight is 345 g/mol. The van der Waals surface area contributed by atoms with E-state index in [-0.39, 0.29) is 30.3 Å². The van der Waals surface area contributed by atoms with Crippen LogP contribution in [0.15, 0.2) is 12.1 Å². The fraction of sp³-hybridized carbons (Fsp3) is 0.526. The second kappa shape index (κ2) is 7.25. The van der Waals surface area contributed by atoms with Gasteiger partial charge in [0.05, 0.1) is 6.54 Å². The molecule has 6 nitrogen and oxygen atoms in total. The maximum Gasteiger partial charge on any atom is 0.325 e. The lowest BCUT2D eigenvalue weighted by Gasteiger charge is -2.22. The van der Waals surface area contributed by atoms with Crippen molar-refractivity contribution in [3.8, 4) is 0 Å². The van der Waals surface area contributed by atoms with Gasteiger partial charge in [0.2, 0.25) is 5.91 Å². The number of aryl methyl sites for hydroxylation is 2. The van der Waals surface area contributed by atoms with Gasteiger partial charge in [-0.2, -0.15) is 0 Å². The van der Waals surface area contributed by atoms with E-state index in [9.17, 15) is 14.4 Å². The van der Waals surface area contributed by atoms with Crippen LogP contribution in [0.25, 0.3) is 0 Å². The maximum absolute atomic E-state index is 12.0. The van der Waals surface area contributed by atoms with E-state index in [2.05, 4.69) is 57.4 Å². The zero-order valence-electron chi connectivity index (χ0n) is 15.7. The quantitative estimate of drug-likeness (QED) is 0.799. The highest BCUT2D eigenvalue weighted by Crippen LogP contribution is 2.27. The van der Waals surface area contributed by atoms with Gasteiger partial charge >= 0.3 is 6.03 Å². The van der Waals surface area contributed by atoms with Crippen LogP contribution in [0.3, 0.4) is 0 Å². The molecule has 1 saturated heterocycles. The molecule has 0 radical (unpaired) electrons. The lowest BCUT2D eigenvalue weighted by molar-refractivity contribution is -0.130. The van der Waals surface area contributed by atoms with Crippen molar-refractivity contribution in [1.82, 2.24) is 15.5 Å². The van der Waals surface area contributed by atoms with Crippen LogP contribution < -0.4 is 10.6 Å². The zero-order valence-corrected chi connectivity index (χ0v) is 15.7. The molecule has 0 aromatic heterocycles. The van der Waals surface area contributed by atoms with E-state index in [0.29, 0.717) is 13.0 Å². The summed E-state index contributed by atoms with van der Waals surface area (Å²) in [5, 5.41) is 5.18. The third-order valence-corrected chi connectivity index (χ3v) is 4.50. The molecule has 0 unspecified atom stereocenters. The van der Waals surface area contributed by atoms with Crippen molar-refractivity contribution in [2.75, 3.05) is 19.6 Å². The van der Waals surface area contributed by atoms with Crippen molar-refractivity contribution >= 4 is 17.8 Å². The molecule has 0 bridgehead atoms.